The first-order valence-corrected chi connectivity index (χ1v) is 8.65. The van der Waals surface area contributed by atoms with E-state index < -0.39 is 0 Å². The summed E-state index contributed by atoms with van der Waals surface area (Å²) in [5.41, 5.74) is 8.90. The van der Waals surface area contributed by atoms with E-state index in [1.54, 1.807) is 0 Å². The summed E-state index contributed by atoms with van der Waals surface area (Å²) in [7, 11) is 0. The van der Waals surface area contributed by atoms with Gasteiger partial charge in [0.25, 0.3) is 0 Å². The van der Waals surface area contributed by atoms with Crippen molar-refractivity contribution in [2.45, 2.75) is 20.8 Å². The van der Waals surface area contributed by atoms with Crippen LogP contribution in [-0.2, 0) is 0 Å². The van der Waals surface area contributed by atoms with Crippen LogP contribution in [0.5, 0.6) is 0 Å². The zero-order valence-corrected chi connectivity index (χ0v) is 14.9. The lowest BCUT2D eigenvalue weighted by atomic mass is 9.89. The number of fused-ring (bicyclic) bond motifs is 1. The van der Waals surface area contributed by atoms with Crippen LogP contribution in [0.2, 0.25) is 0 Å². The maximum absolute atomic E-state index is 4.43. The number of aryl methyl sites for hydroxylation is 3. The third kappa shape index (κ3) is 2.72. The number of nitrogens with zero attached hydrogens (tertiary/aromatic N) is 1. The van der Waals surface area contributed by atoms with Crippen LogP contribution in [0.4, 0.5) is 0 Å². The number of rotatable bonds is 2. The maximum Gasteiger partial charge on any atom is 0.0346 e. The third-order valence-electron chi connectivity index (χ3n) is 4.94. The first-order chi connectivity index (χ1) is 12.1. The summed E-state index contributed by atoms with van der Waals surface area (Å²) in [6.07, 6.45) is 3.93. The van der Waals surface area contributed by atoms with Gasteiger partial charge in [0.1, 0.15) is 0 Å². The van der Waals surface area contributed by atoms with Gasteiger partial charge < -0.3 is 0 Å². The molecule has 3 aromatic carbocycles. The minimum atomic E-state index is 1.19. The van der Waals surface area contributed by atoms with Crippen LogP contribution in [0.1, 0.15) is 16.7 Å². The first-order valence-electron chi connectivity index (χ1n) is 8.65. The highest BCUT2D eigenvalue weighted by molar-refractivity contribution is 6.02. The van der Waals surface area contributed by atoms with Crippen molar-refractivity contribution < 1.29 is 0 Å². The van der Waals surface area contributed by atoms with Crippen molar-refractivity contribution in [1.82, 2.24) is 4.98 Å². The molecule has 1 heterocycles. The van der Waals surface area contributed by atoms with Crippen LogP contribution in [-0.4, -0.2) is 4.98 Å². The second-order valence-corrected chi connectivity index (χ2v) is 6.71. The van der Waals surface area contributed by atoms with E-state index in [1.807, 2.05) is 12.4 Å². The molecule has 1 heteroatoms. The van der Waals surface area contributed by atoms with Gasteiger partial charge in [0.2, 0.25) is 0 Å². The van der Waals surface area contributed by atoms with Gasteiger partial charge in [-0.1, -0.05) is 48.5 Å². The summed E-state index contributed by atoms with van der Waals surface area (Å²) < 4.78 is 0. The lowest BCUT2D eigenvalue weighted by Crippen LogP contribution is -1.92. The summed E-state index contributed by atoms with van der Waals surface area (Å²) in [4.78, 5) is 4.43. The molecule has 0 spiro atoms. The largest absolute Gasteiger partial charge is 0.264 e. The summed E-state index contributed by atoms with van der Waals surface area (Å²) in [6.45, 7) is 6.49. The monoisotopic (exact) mass is 323 g/mol. The van der Waals surface area contributed by atoms with E-state index in [9.17, 15) is 0 Å². The zero-order chi connectivity index (χ0) is 17.4. The van der Waals surface area contributed by atoms with E-state index in [1.165, 1.54) is 49.7 Å². The van der Waals surface area contributed by atoms with Gasteiger partial charge in [-0.05, 0) is 77.2 Å². The number of hydrogen-bond acceptors (Lipinski definition) is 1. The van der Waals surface area contributed by atoms with Crippen molar-refractivity contribution in [2.75, 3.05) is 0 Å². The molecule has 0 fully saturated rings. The second-order valence-electron chi connectivity index (χ2n) is 6.71. The van der Waals surface area contributed by atoms with Gasteiger partial charge in [-0.2, -0.15) is 0 Å². The van der Waals surface area contributed by atoms with Crippen LogP contribution in [0, 0.1) is 20.8 Å². The average molecular weight is 323 g/mol. The molecular weight excluding hydrogens is 302 g/mol. The fourth-order valence-electron chi connectivity index (χ4n) is 3.64. The molecule has 0 amide bonds. The minimum absolute atomic E-state index is 1.19. The van der Waals surface area contributed by atoms with Crippen molar-refractivity contribution in [3.8, 4) is 22.3 Å². The Labute approximate surface area is 149 Å². The molecule has 0 aliphatic rings. The quantitative estimate of drug-likeness (QED) is 0.410. The Kier molecular flexibility index (Phi) is 3.85. The molecule has 0 N–H and O–H groups in total. The van der Waals surface area contributed by atoms with Gasteiger partial charge in [0, 0.05) is 17.8 Å². The molecule has 25 heavy (non-hydrogen) atoms. The lowest BCUT2D eigenvalue weighted by Gasteiger charge is -2.15. The van der Waals surface area contributed by atoms with Crippen LogP contribution < -0.4 is 0 Å². The van der Waals surface area contributed by atoms with E-state index >= 15 is 0 Å². The Morgan fingerprint density at radius 3 is 1.92 bits per heavy atom. The highest BCUT2D eigenvalue weighted by atomic mass is 14.6. The maximum atomic E-state index is 4.43. The Morgan fingerprint density at radius 2 is 1.24 bits per heavy atom. The van der Waals surface area contributed by atoms with E-state index in [0.717, 1.165) is 0 Å². The molecule has 0 aliphatic heterocycles. The lowest BCUT2D eigenvalue weighted by molar-refractivity contribution is 1.31. The van der Waals surface area contributed by atoms with Gasteiger partial charge in [-0.15, -0.1) is 0 Å². The Bertz CT molecular complexity index is 1080. The smallest absolute Gasteiger partial charge is 0.0346 e. The predicted molar refractivity (Wildman–Crippen MR) is 107 cm³/mol. The van der Waals surface area contributed by atoms with Crippen LogP contribution in [0.15, 0.2) is 73.1 Å². The van der Waals surface area contributed by atoms with Crippen molar-refractivity contribution >= 4 is 10.8 Å². The van der Waals surface area contributed by atoms with Crippen molar-refractivity contribution in [3.63, 3.8) is 0 Å². The fraction of sp³-hybridized carbons (Fsp3) is 0.125. The zero-order valence-electron chi connectivity index (χ0n) is 14.9. The highest BCUT2D eigenvalue weighted by Crippen LogP contribution is 2.37. The first kappa shape index (κ1) is 15.6. The molecule has 0 saturated carbocycles. The van der Waals surface area contributed by atoms with Gasteiger partial charge in [0.05, 0.1) is 0 Å². The molecule has 0 atom stereocenters. The van der Waals surface area contributed by atoms with Gasteiger partial charge in [-0.25, -0.2) is 0 Å². The van der Waals surface area contributed by atoms with Gasteiger partial charge >= 0.3 is 0 Å². The second kappa shape index (κ2) is 6.18. The molecule has 1 nitrogen and oxygen atoms in total. The Balaban J connectivity index is 2.10. The van der Waals surface area contributed by atoms with E-state index in [-0.39, 0.29) is 0 Å². The molecule has 122 valence electrons. The molecule has 0 radical (unpaired) electrons. The Hall–Kier alpha value is -2.93. The molecule has 4 rings (SSSR count). The van der Waals surface area contributed by atoms with E-state index in [2.05, 4.69) is 86.4 Å². The van der Waals surface area contributed by atoms with Crippen molar-refractivity contribution in [3.05, 3.63) is 89.7 Å². The third-order valence-corrected chi connectivity index (χ3v) is 4.94. The normalized spacial score (nSPS) is 11.0. The summed E-state index contributed by atoms with van der Waals surface area (Å²) in [5.74, 6) is 0. The van der Waals surface area contributed by atoms with E-state index in [4.69, 9.17) is 0 Å². The molecular formula is C24H21N. The summed E-state index contributed by atoms with van der Waals surface area (Å²) in [6, 6.07) is 21.8. The van der Waals surface area contributed by atoms with Crippen LogP contribution in [0.3, 0.4) is 0 Å². The number of aromatic nitrogens is 1. The topological polar surface area (TPSA) is 12.9 Å². The number of benzene rings is 3. The fourth-order valence-corrected chi connectivity index (χ4v) is 3.64. The van der Waals surface area contributed by atoms with E-state index in [0.29, 0.717) is 0 Å². The van der Waals surface area contributed by atoms with Gasteiger partial charge in [-0.3, -0.25) is 4.98 Å². The summed E-state index contributed by atoms with van der Waals surface area (Å²) >= 11 is 0. The molecule has 0 saturated heterocycles. The average Bonchev–Trinajstić information content (AvgIpc) is 2.62. The van der Waals surface area contributed by atoms with Crippen molar-refractivity contribution in [1.29, 1.82) is 0 Å². The molecule has 1 aromatic heterocycles. The molecule has 4 aromatic rings. The SMILES string of the molecule is Cc1ccccc1-c1cc(-c2ccccc2C)c2c(C)cncc2c1. The number of hydrogen-bond donors (Lipinski definition) is 0. The van der Waals surface area contributed by atoms with Gasteiger partial charge in [0.15, 0.2) is 0 Å². The highest BCUT2D eigenvalue weighted by Gasteiger charge is 2.12. The standard InChI is InChI=1S/C24H21N/c1-16-8-4-6-10-21(16)19-12-20-15-25-14-18(3)24(20)23(13-19)22-11-7-5-9-17(22)2/h4-15H,1-3H3. The predicted octanol–water partition coefficient (Wildman–Crippen LogP) is 6.49. The molecule has 0 bridgehead atoms. The minimum Gasteiger partial charge on any atom is -0.264 e. The summed E-state index contributed by atoms with van der Waals surface area (Å²) in [5, 5.41) is 2.49. The van der Waals surface area contributed by atoms with Crippen molar-refractivity contribution in [2.24, 2.45) is 0 Å². The Morgan fingerprint density at radius 1 is 0.600 bits per heavy atom. The van der Waals surface area contributed by atoms with Crippen LogP contribution >= 0.6 is 0 Å². The molecule has 0 unspecified atom stereocenters. The van der Waals surface area contributed by atoms with Crippen LogP contribution in [0.25, 0.3) is 33.0 Å². The molecule has 0 aliphatic carbocycles. The number of pyridine rings is 1.